The largest absolute Gasteiger partial charge is 0.468 e. The lowest BCUT2D eigenvalue weighted by Gasteiger charge is -2.60. The summed E-state index contributed by atoms with van der Waals surface area (Å²) in [5.41, 5.74) is 0.0916. The van der Waals surface area contributed by atoms with E-state index >= 15 is 0 Å². The van der Waals surface area contributed by atoms with E-state index in [2.05, 4.69) is 33.0 Å². The van der Waals surface area contributed by atoms with Crippen LogP contribution in [0.4, 0.5) is 0 Å². The zero-order valence-electron chi connectivity index (χ0n) is 13.4. The average molecular weight is 283 g/mol. The quantitative estimate of drug-likeness (QED) is 0.787. The molecule has 0 spiro atoms. The van der Waals surface area contributed by atoms with E-state index in [4.69, 9.17) is 9.47 Å². The first-order valence-corrected chi connectivity index (χ1v) is 7.83. The average Bonchev–Trinajstić information content (AvgIpc) is 2.42. The highest BCUT2D eigenvalue weighted by atomic mass is 16.5. The van der Waals surface area contributed by atoms with Gasteiger partial charge in [0.05, 0.1) is 13.2 Å². The van der Waals surface area contributed by atoms with Crippen molar-refractivity contribution in [2.45, 2.75) is 65.1 Å². The Balaban J connectivity index is 2.04. The number of nitrogens with one attached hydrogen (secondary N) is 1. The molecule has 116 valence electrons. The van der Waals surface area contributed by atoms with Crippen LogP contribution >= 0.6 is 0 Å². The predicted molar refractivity (Wildman–Crippen MR) is 78.4 cm³/mol. The molecular formula is C16H29NO3. The molecule has 1 aliphatic carbocycles. The number of hydrogen-bond donors (Lipinski definition) is 1. The van der Waals surface area contributed by atoms with E-state index in [0.717, 1.165) is 19.4 Å². The van der Waals surface area contributed by atoms with Crippen molar-refractivity contribution < 1.29 is 14.3 Å². The molecule has 1 saturated heterocycles. The number of carbonyl (C=O) groups is 1. The molecule has 0 aromatic heterocycles. The van der Waals surface area contributed by atoms with Crippen LogP contribution in [0, 0.1) is 17.3 Å². The van der Waals surface area contributed by atoms with Gasteiger partial charge in [-0.25, -0.2) is 0 Å². The number of carbonyl (C=O) groups excluding carboxylic acids is 1. The minimum Gasteiger partial charge on any atom is -0.468 e. The Bertz CT molecular complexity index is 354. The van der Waals surface area contributed by atoms with Crippen LogP contribution in [-0.2, 0) is 14.3 Å². The maximum atomic E-state index is 12.0. The summed E-state index contributed by atoms with van der Waals surface area (Å²) in [6.45, 7) is 9.62. The molecule has 0 amide bonds. The van der Waals surface area contributed by atoms with Gasteiger partial charge in [-0.3, -0.25) is 4.79 Å². The van der Waals surface area contributed by atoms with Crippen molar-refractivity contribution in [1.29, 1.82) is 0 Å². The van der Waals surface area contributed by atoms with Crippen LogP contribution in [0.25, 0.3) is 0 Å². The zero-order valence-corrected chi connectivity index (χ0v) is 13.4. The Labute approximate surface area is 122 Å². The second-order valence-corrected chi connectivity index (χ2v) is 7.27. The number of fused-ring (bicyclic) bond motifs is 1. The van der Waals surface area contributed by atoms with Crippen LogP contribution in [0.1, 0.15) is 47.0 Å². The van der Waals surface area contributed by atoms with E-state index in [0.29, 0.717) is 24.0 Å². The van der Waals surface area contributed by atoms with Crippen LogP contribution in [-0.4, -0.2) is 37.9 Å². The van der Waals surface area contributed by atoms with Gasteiger partial charge in [0.2, 0.25) is 0 Å². The second kappa shape index (κ2) is 6.02. The molecule has 0 aromatic rings. The molecule has 1 saturated carbocycles. The number of rotatable bonds is 5. The highest BCUT2D eigenvalue weighted by Crippen LogP contribution is 2.51. The predicted octanol–water partition coefficient (Wildman–Crippen LogP) is 2.37. The minimum absolute atomic E-state index is 0.0916. The Morgan fingerprint density at radius 2 is 2.15 bits per heavy atom. The van der Waals surface area contributed by atoms with Gasteiger partial charge in [-0.1, -0.05) is 27.7 Å². The molecule has 2 fully saturated rings. The van der Waals surface area contributed by atoms with Gasteiger partial charge in [0.1, 0.15) is 6.04 Å². The number of methoxy groups -OCH3 is 1. The molecular weight excluding hydrogens is 254 g/mol. The molecule has 0 radical (unpaired) electrons. The standard InChI is InChI=1S/C16H29NO3/c1-10(2)9-12(15(18)19-5)17-13-11-7-6-8-20-14(11)16(13,3)4/h10-14,17H,6-9H2,1-5H3. The fourth-order valence-corrected chi connectivity index (χ4v) is 3.92. The van der Waals surface area contributed by atoms with E-state index in [1.165, 1.54) is 13.5 Å². The van der Waals surface area contributed by atoms with Gasteiger partial charge in [0, 0.05) is 24.0 Å². The maximum absolute atomic E-state index is 12.0. The minimum atomic E-state index is -0.202. The first-order valence-electron chi connectivity index (χ1n) is 7.83. The van der Waals surface area contributed by atoms with Gasteiger partial charge in [-0.2, -0.15) is 0 Å². The van der Waals surface area contributed by atoms with Crippen molar-refractivity contribution in [3.63, 3.8) is 0 Å². The Hall–Kier alpha value is -0.610. The molecule has 1 N–H and O–H groups in total. The topological polar surface area (TPSA) is 47.6 Å². The van der Waals surface area contributed by atoms with E-state index in [-0.39, 0.29) is 17.4 Å². The van der Waals surface area contributed by atoms with Crippen molar-refractivity contribution in [2.24, 2.45) is 17.3 Å². The molecule has 1 aliphatic heterocycles. The van der Waals surface area contributed by atoms with E-state index in [1.807, 2.05) is 0 Å². The Morgan fingerprint density at radius 1 is 1.45 bits per heavy atom. The molecule has 4 atom stereocenters. The van der Waals surface area contributed by atoms with Crippen molar-refractivity contribution >= 4 is 5.97 Å². The first-order chi connectivity index (χ1) is 9.37. The lowest BCUT2D eigenvalue weighted by Crippen LogP contribution is -2.71. The third-order valence-corrected chi connectivity index (χ3v) is 4.90. The SMILES string of the molecule is COC(=O)C(CC(C)C)NC1C2CCCOC2C1(C)C. The summed E-state index contributed by atoms with van der Waals surface area (Å²) >= 11 is 0. The van der Waals surface area contributed by atoms with E-state index in [1.54, 1.807) is 0 Å². The second-order valence-electron chi connectivity index (χ2n) is 7.27. The normalized spacial score (nSPS) is 33.2. The molecule has 4 nitrogen and oxygen atoms in total. The molecule has 1 heterocycles. The molecule has 2 aliphatic rings. The summed E-state index contributed by atoms with van der Waals surface area (Å²) in [5, 5.41) is 3.57. The number of hydrogen-bond acceptors (Lipinski definition) is 4. The molecule has 0 aromatic carbocycles. The summed E-state index contributed by atoms with van der Waals surface area (Å²) in [7, 11) is 1.47. The van der Waals surface area contributed by atoms with Crippen LogP contribution < -0.4 is 5.32 Å². The molecule has 2 rings (SSSR count). The van der Waals surface area contributed by atoms with Crippen LogP contribution in [0.2, 0.25) is 0 Å². The molecule has 20 heavy (non-hydrogen) atoms. The van der Waals surface area contributed by atoms with Crippen molar-refractivity contribution in [1.82, 2.24) is 5.32 Å². The summed E-state index contributed by atoms with van der Waals surface area (Å²) < 4.78 is 10.9. The fourth-order valence-electron chi connectivity index (χ4n) is 3.92. The molecule has 4 heteroatoms. The summed E-state index contributed by atoms with van der Waals surface area (Å²) in [4.78, 5) is 12.0. The lowest BCUT2D eigenvalue weighted by molar-refractivity contribution is -0.196. The number of ether oxygens (including phenoxy) is 2. The van der Waals surface area contributed by atoms with Crippen molar-refractivity contribution in [3.8, 4) is 0 Å². The van der Waals surface area contributed by atoms with Crippen LogP contribution in [0.15, 0.2) is 0 Å². The zero-order chi connectivity index (χ0) is 14.9. The molecule has 0 bridgehead atoms. The Kier molecular flexibility index (Phi) is 4.75. The maximum Gasteiger partial charge on any atom is 0.322 e. The van der Waals surface area contributed by atoms with Crippen molar-refractivity contribution in [2.75, 3.05) is 13.7 Å². The van der Waals surface area contributed by atoms with Gasteiger partial charge in [0.25, 0.3) is 0 Å². The van der Waals surface area contributed by atoms with Gasteiger partial charge >= 0.3 is 5.97 Å². The Morgan fingerprint density at radius 3 is 2.75 bits per heavy atom. The summed E-state index contributed by atoms with van der Waals surface area (Å²) in [6, 6.07) is 0.141. The summed E-state index contributed by atoms with van der Waals surface area (Å²) in [5.74, 6) is 0.862. The van der Waals surface area contributed by atoms with Gasteiger partial charge in [-0.15, -0.1) is 0 Å². The van der Waals surface area contributed by atoms with Crippen LogP contribution in [0.5, 0.6) is 0 Å². The van der Waals surface area contributed by atoms with Gasteiger partial charge in [0.15, 0.2) is 0 Å². The smallest absolute Gasteiger partial charge is 0.322 e. The fraction of sp³-hybridized carbons (Fsp3) is 0.938. The summed E-state index contributed by atoms with van der Waals surface area (Å²) in [6.07, 6.45) is 3.48. The monoisotopic (exact) mass is 283 g/mol. The third-order valence-electron chi connectivity index (χ3n) is 4.90. The number of esters is 1. The van der Waals surface area contributed by atoms with Gasteiger partial charge in [-0.05, 0) is 25.2 Å². The third kappa shape index (κ3) is 2.86. The van der Waals surface area contributed by atoms with E-state index in [9.17, 15) is 4.79 Å². The first kappa shape index (κ1) is 15.8. The lowest BCUT2D eigenvalue weighted by atomic mass is 9.55. The molecule has 4 unspecified atom stereocenters. The van der Waals surface area contributed by atoms with Crippen molar-refractivity contribution in [3.05, 3.63) is 0 Å². The highest BCUT2D eigenvalue weighted by molar-refractivity contribution is 5.75. The van der Waals surface area contributed by atoms with Crippen LogP contribution in [0.3, 0.4) is 0 Å². The van der Waals surface area contributed by atoms with Gasteiger partial charge < -0.3 is 14.8 Å². The highest BCUT2D eigenvalue weighted by Gasteiger charge is 2.58. The van der Waals surface area contributed by atoms with E-state index < -0.39 is 0 Å².